The van der Waals surface area contributed by atoms with Crippen molar-refractivity contribution in [3.63, 3.8) is 0 Å². The molecule has 0 saturated carbocycles. The van der Waals surface area contributed by atoms with Crippen LogP contribution in [0.25, 0.3) is 0 Å². The van der Waals surface area contributed by atoms with Crippen LogP contribution in [0.4, 0.5) is 5.69 Å². The molecule has 33 heavy (non-hydrogen) atoms. The van der Waals surface area contributed by atoms with Gasteiger partial charge in [-0.15, -0.1) is 0 Å². The molecule has 0 bridgehead atoms. The molecule has 0 aliphatic carbocycles. The predicted octanol–water partition coefficient (Wildman–Crippen LogP) is 3.06. The number of nitrogens with one attached hydrogen (secondary N) is 3. The summed E-state index contributed by atoms with van der Waals surface area (Å²) in [5.74, 6) is -0.308. The van der Waals surface area contributed by atoms with Crippen molar-refractivity contribution in [1.29, 1.82) is 0 Å². The van der Waals surface area contributed by atoms with Gasteiger partial charge in [-0.2, -0.15) is 0 Å². The Morgan fingerprint density at radius 3 is 2.33 bits per heavy atom. The number of sulfonamides is 1. The lowest BCUT2D eigenvalue weighted by Gasteiger charge is -2.14. The Morgan fingerprint density at radius 1 is 0.939 bits per heavy atom. The van der Waals surface area contributed by atoms with Crippen LogP contribution in [0.15, 0.2) is 83.8 Å². The minimum Gasteiger partial charge on any atom is -0.355 e. The molecule has 1 fully saturated rings. The first-order valence-electron chi connectivity index (χ1n) is 10.7. The van der Waals surface area contributed by atoms with Crippen molar-refractivity contribution >= 4 is 27.5 Å². The molecule has 1 aliphatic rings. The molecule has 0 spiro atoms. The number of amides is 2. The molecule has 3 aromatic rings. The zero-order valence-electron chi connectivity index (χ0n) is 18.0. The molecule has 1 saturated heterocycles. The highest BCUT2D eigenvalue weighted by molar-refractivity contribution is 7.92. The van der Waals surface area contributed by atoms with Gasteiger partial charge in [-0.1, -0.05) is 54.6 Å². The van der Waals surface area contributed by atoms with Crippen molar-refractivity contribution in [3.8, 4) is 0 Å². The Bertz CT molecular complexity index is 1240. The van der Waals surface area contributed by atoms with E-state index in [1.54, 1.807) is 36.4 Å². The summed E-state index contributed by atoms with van der Waals surface area (Å²) < 4.78 is 28.4. The summed E-state index contributed by atoms with van der Waals surface area (Å²) in [5, 5.41) is 5.63. The van der Waals surface area contributed by atoms with Gasteiger partial charge in [-0.25, -0.2) is 8.42 Å². The summed E-state index contributed by atoms with van der Waals surface area (Å²) in [5.41, 5.74) is 2.48. The van der Waals surface area contributed by atoms with Crippen LogP contribution in [0.2, 0.25) is 0 Å². The summed E-state index contributed by atoms with van der Waals surface area (Å²) in [6, 6.07) is 22.8. The van der Waals surface area contributed by atoms with Crippen LogP contribution in [0, 0.1) is 0 Å². The lowest BCUT2D eigenvalue weighted by atomic mass is 9.99. The summed E-state index contributed by atoms with van der Waals surface area (Å²) in [6.07, 6.45) is 1.08. The molecule has 0 radical (unpaired) electrons. The van der Waals surface area contributed by atoms with Crippen LogP contribution in [0.5, 0.6) is 0 Å². The summed E-state index contributed by atoms with van der Waals surface area (Å²) in [7, 11) is -3.90. The molecule has 3 aromatic carbocycles. The van der Waals surface area contributed by atoms with E-state index in [-0.39, 0.29) is 33.9 Å². The van der Waals surface area contributed by atoms with Gasteiger partial charge in [-0.05, 0) is 41.8 Å². The maximum atomic E-state index is 13.0. The van der Waals surface area contributed by atoms with E-state index >= 15 is 0 Å². The van der Waals surface area contributed by atoms with Gasteiger partial charge in [0, 0.05) is 25.4 Å². The van der Waals surface area contributed by atoms with Gasteiger partial charge in [-0.3, -0.25) is 14.3 Å². The molecule has 8 heteroatoms. The first kappa shape index (κ1) is 22.5. The van der Waals surface area contributed by atoms with Crippen molar-refractivity contribution < 1.29 is 18.0 Å². The summed E-state index contributed by atoms with van der Waals surface area (Å²) >= 11 is 0. The SMILES string of the molecule is O=C1C[C@@H](c2ccc(S(=O)(=O)Nc3ccccc3C(=O)NCCc3ccccc3)cc2)CN1. The van der Waals surface area contributed by atoms with Gasteiger partial charge in [0.1, 0.15) is 0 Å². The van der Waals surface area contributed by atoms with Crippen molar-refractivity contribution in [1.82, 2.24) is 10.6 Å². The number of para-hydroxylation sites is 1. The lowest BCUT2D eigenvalue weighted by molar-refractivity contribution is -0.119. The third kappa shape index (κ3) is 5.59. The van der Waals surface area contributed by atoms with Crippen LogP contribution < -0.4 is 15.4 Å². The summed E-state index contributed by atoms with van der Waals surface area (Å²) in [6.45, 7) is 0.986. The lowest BCUT2D eigenvalue weighted by Crippen LogP contribution is -2.27. The zero-order valence-corrected chi connectivity index (χ0v) is 18.8. The van der Waals surface area contributed by atoms with Crippen LogP contribution in [0.3, 0.4) is 0 Å². The Balaban J connectivity index is 1.44. The highest BCUT2D eigenvalue weighted by atomic mass is 32.2. The minimum atomic E-state index is -3.90. The third-order valence-corrected chi connectivity index (χ3v) is 6.98. The van der Waals surface area contributed by atoms with E-state index in [0.717, 1.165) is 11.1 Å². The van der Waals surface area contributed by atoms with Crippen LogP contribution >= 0.6 is 0 Å². The molecule has 0 unspecified atom stereocenters. The standard InChI is InChI=1S/C25H25N3O4S/c29-24-16-20(17-27-24)19-10-12-21(13-11-19)33(31,32)28-23-9-5-4-8-22(23)25(30)26-15-14-18-6-2-1-3-7-18/h1-13,20,28H,14-17H2,(H,26,30)(H,27,29)/t20-/m1/s1. The number of carbonyl (C=O) groups is 2. The second kappa shape index (κ2) is 9.87. The largest absolute Gasteiger partial charge is 0.355 e. The van der Waals surface area contributed by atoms with Gasteiger partial charge < -0.3 is 10.6 Å². The second-order valence-corrected chi connectivity index (χ2v) is 9.60. The molecule has 0 aromatic heterocycles. The first-order chi connectivity index (χ1) is 15.9. The van der Waals surface area contributed by atoms with Crippen LogP contribution in [-0.2, 0) is 21.2 Å². The average molecular weight is 464 g/mol. The molecule has 170 valence electrons. The Hall–Kier alpha value is -3.65. The number of carbonyl (C=O) groups excluding carboxylic acids is 2. The van der Waals surface area contributed by atoms with E-state index in [2.05, 4.69) is 15.4 Å². The molecule has 4 rings (SSSR count). The molecule has 7 nitrogen and oxygen atoms in total. The highest BCUT2D eigenvalue weighted by Gasteiger charge is 2.24. The van der Waals surface area contributed by atoms with E-state index in [1.807, 2.05) is 30.3 Å². The maximum Gasteiger partial charge on any atom is 0.261 e. The molecular weight excluding hydrogens is 438 g/mol. The quantitative estimate of drug-likeness (QED) is 0.478. The predicted molar refractivity (Wildman–Crippen MR) is 127 cm³/mol. The van der Waals surface area contributed by atoms with E-state index in [4.69, 9.17) is 0 Å². The van der Waals surface area contributed by atoms with Gasteiger partial charge in [0.05, 0.1) is 16.1 Å². The number of anilines is 1. The Morgan fingerprint density at radius 2 is 1.64 bits per heavy atom. The van der Waals surface area contributed by atoms with Crippen molar-refractivity contribution in [2.75, 3.05) is 17.8 Å². The number of benzene rings is 3. The fraction of sp³-hybridized carbons (Fsp3) is 0.200. The number of rotatable bonds is 8. The van der Waals surface area contributed by atoms with Crippen molar-refractivity contribution in [2.24, 2.45) is 0 Å². The van der Waals surface area contributed by atoms with E-state index in [1.165, 1.54) is 12.1 Å². The highest BCUT2D eigenvalue weighted by Crippen LogP contribution is 2.25. The van der Waals surface area contributed by atoms with Crippen molar-refractivity contribution in [2.45, 2.75) is 23.7 Å². The zero-order chi connectivity index (χ0) is 23.3. The van der Waals surface area contributed by atoms with Gasteiger partial charge >= 0.3 is 0 Å². The topological polar surface area (TPSA) is 104 Å². The minimum absolute atomic E-state index is 0.00276. The molecule has 1 aliphatic heterocycles. The van der Waals surface area contributed by atoms with Gasteiger partial charge in [0.2, 0.25) is 5.91 Å². The normalized spacial score (nSPS) is 15.6. The van der Waals surface area contributed by atoms with E-state index < -0.39 is 10.0 Å². The smallest absolute Gasteiger partial charge is 0.261 e. The monoisotopic (exact) mass is 463 g/mol. The maximum absolute atomic E-state index is 13.0. The van der Waals surface area contributed by atoms with Crippen molar-refractivity contribution in [3.05, 3.63) is 95.6 Å². The van der Waals surface area contributed by atoms with Gasteiger partial charge in [0.25, 0.3) is 15.9 Å². The fourth-order valence-corrected chi connectivity index (χ4v) is 4.87. The van der Waals surface area contributed by atoms with Gasteiger partial charge in [0.15, 0.2) is 0 Å². The van der Waals surface area contributed by atoms with Crippen LogP contribution in [-0.4, -0.2) is 33.3 Å². The Kier molecular flexibility index (Phi) is 6.74. The molecule has 1 atom stereocenters. The summed E-state index contributed by atoms with van der Waals surface area (Å²) in [4.78, 5) is 24.2. The molecule has 1 heterocycles. The van der Waals surface area contributed by atoms with E-state index in [0.29, 0.717) is 25.9 Å². The number of hydrogen-bond donors (Lipinski definition) is 3. The van der Waals surface area contributed by atoms with Crippen LogP contribution in [0.1, 0.15) is 33.8 Å². The molecular formula is C25H25N3O4S. The second-order valence-electron chi connectivity index (χ2n) is 7.92. The van der Waals surface area contributed by atoms with E-state index in [9.17, 15) is 18.0 Å². The average Bonchev–Trinajstić information content (AvgIpc) is 3.26. The molecule has 3 N–H and O–H groups in total. The fourth-order valence-electron chi connectivity index (χ4n) is 3.79. The molecule has 2 amide bonds. The third-order valence-electron chi connectivity index (χ3n) is 5.60. The number of hydrogen-bond acceptors (Lipinski definition) is 4. The first-order valence-corrected chi connectivity index (χ1v) is 12.2. The Labute approximate surface area is 193 Å².